The first-order valence-electron chi connectivity index (χ1n) is 3.59. The topological polar surface area (TPSA) is 41.5 Å². The average molecular weight is 145 g/mol. The van der Waals surface area contributed by atoms with Gasteiger partial charge in [0.05, 0.1) is 12.6 Å². The fourth-order valence-electron chi connectivity index (χ4n) is 1.17. The molecule has 0 aromatic carbocycles. The number of aliphatic hydroxyl groups excluding tert-OH is 1. The van der Waals surface area contributed by atoms with Gasteiger partial charge in [0.1, 0.15) is 0 Å². The maximum absolute atomic E-state index is 9.13. The minimum Gasteiger partial charge on any atom is -0.367 e. The fraction of sp³-hybridized carbons (Fsp3) is 1.00. The zero-order valence-corrected chi connectivity index (χ0v) is 6.72. The van der Waals surface area contributed by atoms with Crippen molar-refractivity contribution in [2.24, 2.45) is 0 Å². The van der Waals surface area contributed by atoms with Crippen LogP contribution in [0, 0.1) is 0 Å². The molecule has 2 N–H and O–H groups in total. The van der Waals surface area contributed by atoms with Gasteiger partial charge in [-0.3, -0.25) is 0 Å². The summed E-state index contributed by atoms with van der Waals surface area (Å²) >= 11 is 0. The lowest BCUT2D eigenvalue weighted by Crippen LogP contribution is -2.58. The number of rotatable bonds is 0. The Hall–Kier alpha value is -0.120. The summed E-state index contributed by atoms with van der Waals surface area (Å²) in [5.74, 6) is 0. The first-order chi connectivity index (χ1) is 4.51. The van der Waals surface area contributed by atoms with Gasteiger partial charge in [-0.1, -0.05) is 0 Å². The molecule has 1 rings (SSSR count). The highest BCUT2D eigenvalue weighted by Crippen LogP contribution is 2.13. The normalized spacial score (nSPS) is 39.6. The van der Waals surface area contributed by atoms with Crippen LogP contribution in [0.5, 0.6) is 0 Å². The summed E-state index contributed by atoms with van der Waals surface area (Å²) in [6.07, 6.45) is -0.645. The van der Waals surface area contributed by atoms with Gasteiger partial charge in [-0.25, -0.2) is 0 Å². The minimum atomic E-state index is -0.645. The number of hydrogen-bond donors (Lipinski definition) is 2. The van der Waals surface area contributed by atoms with Crippen LogP contribution in [0.15, 0.2) is 0 Å². The zero-order valence-electron chi connectivity index (χ0n) is 6.72. The molecule has 0 aliphatic carbocycles. The van der Waals surface area contributed by atoms with Crippen LogP contribution in [0.1, 0.15) is 20.8 Å². The molecule has 3 heteroatoms. The quantitative estimate of drug-likeness (QED) is 0.507. The van der Waals surface area contributed by atoms with E-state index in [0.717, 1.165) is 0 Å². The van der Waals surface area contributed by atoms with Crippen molar-refractivity contribution >= 4 is 0 Å². The van der Waals surface area contributed by atoms with E-state index in [9.17, 15) is 0 Å². The third-order valence-corrected chi connectivity index (χ3v) is 1.66. The third kappa shape index (κ3) is 1.68. The number of nitrogens with one attached hydrogen (secondary N) is 1. The second-order valence-corrected chi connectivity index (χ2v) is 3.52. The first kappa shape index (κ1) is 7.98. The van der Waals surface area contributed by atoms with Gasteiger partial charge in [0.15, 0.2) is 6.29 Å². The molecular weight excluding hydrogens is 130 g/mol. The van der Waals surface area contributed by atoms with Crippen molar-refractivity contribution in [3.05, 3.63) is 0 Å². The zero-order chi connectivity index (χ0) is 7.78. The molecule has 1 aliphatic heterocycles. The van der Waals surface area contributed by atoms with Gasteiger partial charge in [0, 0.05) is 5.54 Å². The van der Waals surface area contributed by atoms with Gasteiger partial charge in [0.25, 0.3) is 0 Å². The molecule has 0 saturated carbocycles. The smallest absolute Gasteiger partial charge is 0.169 e. The van der Waals surface area contributed by atoms with E-state index in [2.05, 4.69) is 19.2 Å². The van der Waals surface area contributed by atoms with E-state index in [1.165, 1.54) is 0 Å². The van der Waals surface area contributed by atoms with Crippen molar-refractivity contribution in [2.75, 3.05) is 6.61 Å². The molecule has 0 aromatic heterocycles. The fourth-order valence-corrected chi connectivity index (χ4v) is 1.17. The van der Waals surface area contributed by atoms with Gasteiger partial charge < -0.3 is 15.2 Å². The highest BCUT2D eigenvalue weighted by molar-refractivity contribution is 4.85. The predicted molar refractivity (Wildman–Crippen MR) is 38.6 cm³/mol. The second kappa shape index (κ2) is 2.49. The molecule has 1 saturated heterocycles. The van der Waals surface area contributed by atoms with Crippen molar-refractivity contribution in [1.82, 2.24) is 5.32 Å². The molecule has 3 nitrogen and oxygen atoms in total. The monoisotopic (exact) mass is 145 g/mol. The number of morpholine rings is 1. The Morgan fingerprint density at radius 2 is 2.20 bits per heavy atom. The highest BCUT2D eigenvalue weighted by atomic mass is 16.6. The molecule has 0 bridgehead atoms. The summed E-state index contributed by atoms with van der Waals surface area (Å²) in [4.78, 5) is 0. The number of aliphatic hydroxyl groups is 1. The molecule has 1 fully saturated rings. The Morgan fingerprint density at radius 3 is 2.60 bits per heavy atom. The summed E-state index contributed by atoms with van der Waals surface area (Å²) in [5, 5.41) is 12.4. The van der Waals surface area contributed by atoms with E-state index in [4.69, 9.17) is 9.84 Å². The second-order valence-electron chi connectivity index (χ2n) is 3.52. The van der Waals surface area contributed by atoms with Crippen LogP contribution in [-0.4, -0.2) is 29.6 Å². The van der Waals surface area contributed by atoms with Gasteiger partial charge in [-0.05, 0) is 20.8 Å². The lowest BCUT2D eigenvalue weighted by Gasteiger charge is -2.38. The molecule has 0 spiro atoms. The molecule has 1 heterocycles. The number of ether oxygens (including phenoxy) is 1. The summed E-state index contributed by atoms with van der Waals surface area (Å²) in [6, 6.07) is 0.0312. The van der Waals surface area contributed by atoms with Crippen LogP contribution in [-0.2, 0) is 4.74 Å². The summed E-state index contributed by atoms with van der Waals surface area (Å²) < 4.78 is 5.10. The maximum Gasteiger partial charge on any atom is 0.169 e. The van der Waals surface area contributed by atoms with Crippen molar-refractivity contribution in [3.8, 4) is 0 Å². The molecule has 0 amide bonds. The van der Waals surface area contributed by atoms with Crippen molar-refractivity contribution < 1.29 is 9.84 Å². The number of hydrogen-bond acceptors (Lipinski definition) is 3. The standard InChI is InChI=1S/C7H15NO2/c1-5-6(9)10-4-7(2,3)8-5/h5-6,8-9H,4H2,1-3H3. The largest absolute Gasteiger partial charge is 0.367 e. The molecule has 2 atom stereocenters. The molecule has 60 valence electrons. The van der Waals surface area contributed by atoms with Gasteiger partial charge in [-0.2, -0.15) is 0 Å². The lowest BCUT2D eigenvalue weighted by atomic mass is 10.0. The molecule has 2 unspecified atom stereocenters. The Balaban J connectivity index is 2.49. The summed E-state index contributed by atoms with van der Waals surface area (Å²) in [6.45, 7) is 6.58. The Bertz CT molecular complexity index is 125. The summed E-state index contributed by atoms with van der Waals surface area (Å²) in [7, 11) is 0. The SMILES string of the molecule is CC1NC(C)(C)COC1O. The van der Waals surface area contributed by atoms with Gasteiger partial charge >= 0.3 is 0 Å². The van der Waals surface area contributed by atoms with E-state index >= 15 is 0 Å². The lowest BCUT2D eigenvalue weighted by molar-refractivity contribution is -0.161. The van der Waals surface area contributed by atoms with Crippen LogP contribution in [0.25, 0.3) is 0 Å². The van der Waals surface area contributed by atoms with E-state index < -0.39 is 6.29 Å². The Morgan fingerprint density at radius 1 is 1.60 bits per heavy atom. The summed E-state index contributed by atoms with van der Waals surface area (Å²) in [5.41, 5.74) is -0.00134. The third-order valence-electron chi connectivity index (χ3n) is 1.66. The minimum absolute atomic E-state index is 0.00134. The van der Waals surface area contributed by atoms with Crippen LogP contribution in [0.4, 0.5) is 0 Å². The molecule has 0 aromatic rings. The first-order valence-corrected chi connectivity index (χ1v) is 3.59. The Kier molecular flexibility index (Phi) is 1.99. The van der Waals surface area contributed by atoms with E-state index in [1.54, 1.807) is 0 Å². The van der Waals surface area contributed by atoms with Crippen LogP contribution < -0.4 is 5.32 Å². The average Bonchev–Trinajstić information content (AvgIpc) is 1.79. The molecule has 1 aliphatic rings. The van der Waals surface area contributed by atoms with E-state index in [-0.39, 0.29) is 11.6 Å². The van der Waals surface area contributed by atoms with E-state index in [1.807, 2.05) is 6.92 Å². The maximum atomic E-state index is 9.13. The highest BCUT2D eigenvalue weighted by Gasteiger charge is 2.30. The Labute approximate surface area is 61.4 Å². The van der Waals surface area contributed by atoms with Crippen LogP contribution in [0.2, 0.25) is 0 Å². The molecule has 0 radical (unpaired) electrons. The van der Waals surface area contributed by atoms with Crippen molar-refractivity contribution in [2.45, 2.75) is 38.6 Å². The van der Waals surface area contributed by atoms with Gasteiger partial charge in [0.2, 0.25) is 0 Å². The van der Waals surface area contributed by atoms with Gasteiger partial charge in [-0.15, -0.1) is 0 Å². The van der Waals surface area contributed by atoms with Crippen LogP contribution in [0.3, 0.4) is 0 Å². The predicted octanol–water partition coefficient (Wildman–Crippen LogP) is 0.0917. The van der Waals surface area contributed by atoms with Crippen LogP contribution >= 0.6 is 0 Å². The molecular formula is C7H15NO2. The van der Waals surface area contributed by atoms with E-state index in [0.29, 0.717) is 6.61 Å². The molecule has 10 heavy (non-hydrogen) atoms. The van der Waals surface area contributed by atoms with Crippen molar-refractivity contribution in [1.29, 1.82) is 0 Å². The van der Waals surface area contributed by atoms with Crippen molar-refractivity contribution in [3.63, 3.8) is 0 Å².